The van der Waals surface area contributed by atoms with Gasteiger partial charge < -0.3 is 9.42 Å². The summed E-state index contributed by atoms with van der Waals surface area (Å²) in [4.78, 5) is 26.6. The largest absolute Gasteiger partial charge is 0.341 e. The van der Waals surface area contributed by atoms with Crippen LogP contribution in [-0.4, -0.2) is 44.0 Å². The molecule has 0 aliphatic carbocycles. The number of hydrogen-bond donors (Lipinski definition) is 0. The van der Waals surface area contributed by atoms with Crippen molar-refractivity contribution in [1.29, 1.82) is 0 Å². The molecule has 1 aliphatic heterocycles. The lowest BCUT2D eigenvalue weighted by atomic mass is 9.99. The first-order valence-corrected chi connectivity index (χ1v) is 8.21. The number of hydrogen-bond acceptors (Lipinski definition) is 6. The van der Waals surface area contributed by atoms with Gasteiger partial charge in [0.15, 0.2) is 0 Å². The van der Waals surface area contributed by atoms with Crippen molar-refractivity contribution in [2.75, 3.05) is 13.1 Å². The Hall–Kier alpha value is -3.09. The molecule has 1 amide bonds. The minimum Gasteiger partial charge on any atom is -0.341 e. The van der Waals surface area contributed by atoms with Crippen molar-refractivity contribution in [1.82, 2.24) is 25.0 Å². The van der Waals surface area contributed by atoms with Crippen LogP contribution in [0.3, 0.4) is 0 Å². The molecule has 0 radical (unpaired) electrons. The Kier molecular flexibility index (Phi) is 4.20. The first-order valence-electron chi connectivity index (χ1n) is 8.21. The van der Waals surface area contributed by atoms with Gasteiger partial charge in [0.05, 0.1) is 12.1 Å². The zero-order valence-corrected chi connectivity index (χ0v) is 13.6. The maximum absolute atomic E-state index is 12.2. The number of aromatic nitrogens is 4. The van der Waals surface area contributed by atoms with E-state index in [4.69, 9.17) is 4.52 Å². The second-order valence-corrected chi connectivity index (χ2v) is 6.03. The summed E-state index contributed by atoms with van der Waals surface area (Å²) in [6.45, 7) is 1.24. The van der Waals surface area contributed by atoms with Crippen LogP contribution in [-0.2, 0) is 11.2 Å². The number of likely N-dealkylation sites (tertiary alicyclic amines) is 1. The van der Waals surface area contributed by atoms with Crippen LogP contribution in [0.15, 0.2) is 53.4 Å². The van der Waals surface area contributed by atoms with Crippen LogP contribution in [0.5, 0.6) is 0 Å². The molecule has 1 saturated heterocycles. The first kappa shape index (κ1) is 15.4. The van der Waals surface area contributed by atoms with Gasteiger partial charge in [-0.3, -0.25) is 9.78 Å². The maximum atomic E-state index is 12.2. The van der Waals surface area contributed by atoms with E-state index in [1.54, 1.807) is 18.6 Å². The average molecular weight is 335 g/mol. The molecule has 3 heterocycles. The summed E-state index contributed by atoms with van der Waals surface area (Å²) < 4.78 is 5.31. The molecule has 0 saturated carbocycles. The SMILES string of the molecule is O=C(CCc1ccccc1)N1CC(c2nc(-c3cnccn3)no2)C1. The number of carbonyl (C=O) groups is 1. The van der Waals surface area contributed by atoms with Crippen LogP contribution in [0.4, 0.5) is 0 Å². The van der Waals surface area contributed by atoms with Gasteiger partial charge in [-0.05, 0) is 12.0 Å². The maximum Gasteiger partial charge on any atom is 0.233 e. The van der Waals surface area contributed by atoms with E-state index < -0.39 is 0 Å². The first-order chi connectivity index (χ1) is 12.3. The lowest BCUT2D eigenvalue weighted by Gasteiger charge is -2.37. The monoisotopic (exact) mass is 335 g/mol. The van der Waals surface area contributed by atoms with Gasteiger partial charge in [0, 0.05) is 31.9 Å². The van der Waals surface area contributed by atoms with Crippen molar-refractivity contribution in [3.05, 3.63) is 60.4 Å². The van der Waals surface area contributed by atoms with E-state index in [9.17, 15) is 4.79 Å². The highest BCUT2D eigenvalue weighted by atomic mass is 16.5. The van der Waals surface area contributed by atoms with Gasteiger partial charge in [-0.1, -0.05) is 35.5 Å². The normalized spacial score (nSPS) is 14.3. The van der Waals surface area contributed by atoms with Crippen molar-refractivity contribution in [2.45, 2.75) is 18.8 Å². The second kappa shape index (κ2) is 6.80. The molecule has 0 bridgehead atoms. The Morgan fingerprint density at radius 1 is 1.20 bits per heavy atom. The highest BCUT2D eigenvalue weighted by Gasteiger charge is 2.35. The van der Waals surface area contributed by atoms with Crippen molar-refractivity contribution in [2.24, 2.45) is 0 Å². The van der Waals surface area contributed by atoms with Crippen LogP contribution in [0.1, 0.15) is 23.8 Å². The second-order valence-electron chi connectivity index (χ2n) is 6.03. The summed E-state index contributed by atoms with van der Waals surface area (Å²) in [7, 11) is 0. The third-order valence-corrected chi connectivity index (χ3v) is 4.29. The van der Waals surface area contributed by atoms with Gasteiger partial charge in [-0.2, -0.15) is 4.98 Å². The van der Waals surface area contributed by atoms with Crippen LogP contribution in [0.25, 0.3) is 11.5 Å². The fourth-order valence-electron chi connectivity index (χ4n) is 2.81. The Morgan fingerprint density at radius 2 is 2.04 bits per heavy atom. The predicted octanol–water partition coefficient (Wildman–Crippen LogP) is 2.09. The predicted molar refractivity (Wildman–Crippen MR) is 89.4 cm³/mol. The number of carbonyl (C=O) groups excluding carboxylic acids is 1. The number of amides is 1. The molecule has 1 aliphatic rings. The molecule has 4 rings (SSSR count). The molecule has 25 heavy (non-hydrogen) atoms. The summed E-state index contributed by atoms with van der Waals surface area (Å²) in [5.41, 5.74) is 1.76. The molecule has 2 aromatic heterocycles. The highest BCUT2D eigenvalue weighted by Crippen LogP contribution is 2.27. The fraction of sp³-hybridized carbons (Fsp3) is 0.278. The van der Waals surface area contributed by atoms with Gasteiger partial charge in [0.25, 0.3) is 0 Å². The molecule has 1 aromatic carbocycles. The van der Waals surface area contributed by atoms with Crippen LogP contribution in [0.2, 0.25) is 0 Å². The van der Waals surface area contributed by atoms with E-state index in [0.29, 0.717) is 36.9 Å². The molecule has 0 unspecified atom stereocenters. The van der Waals surface area contributed by atoms with Gasteiger partial charge in [0.2, 0.25) is 17.6 Å². The molecule has 126 valence electrons. The number of nitrogens with zero attached hydrogens (tertiary/aromatic N) is 5. The summed E-state index contributed by atoms with van der Waals surface area (Å²) in [6.07, 6.45) is 6.05. The lowest BCUT2D eigenvalue weighted by Crippen LogP contribution is -2.48. The number of benzene rings is 1. The van der Waals surface area contributed by atoms with E-state index in [-0.39, 0.29) is 11.8 Å². The van der Waals surface area contributed by atoms with Crippen molar-refractivity contribution < 1.29 is 9.32 Å². The smallest absolute Gasteiger partial charge is 0.233 e. The van der Waals surface area contributed by atoms with E-state index in [1.165, 1.54) is 5.56 Å². The Labute approximate surface area is 144 Å². The van der Waals surface area contributed by atoms with Crippen LogP contribution in [0, 0.1) is 0 Å². The molecule has 7 heteroatoms. The summed E-state index contributed by atoms with van der Waals surface area (Å²) >= 11 is 0. The highest BCUT2D eigenvalue weighted by molar-refractivity contribution is 5.77. The standard InChI is InChI=1S/C18H17N5O2/c24-16(7-6-13-4-2-1-3-5-13)23-11-14(12-23)18-21-17(22-25-18)15-10-19-8-9-20-15/h1-5,8-10,14H,6-7,11-12H2. The molecule has 0 N–H and O–H groups in total. The molecule has 0 atom stereocenters. The number of aryl methyl sites for hydroxylation is 1. The third kappa shape index (κ3) is 3.40. The van der Waals surface area contributed by atoms with Gasteiger partial charge in [0.1, 0.15) is 5.69 Å². The van der Waals surface area contributed by atoms with Crippen LogP contribution < -0.4 is 0 Å². The van der Waals surface area contributed by atoms with Crippen LogP contribution >= 0.6 is 0 Å². The minimum absolute atomic E-state index is 0.0959. The van der Waals surface area contributed by atoms with E-state index in [0.717, 1.165) is 6.42 Å². The average Bonchev–Trinajstić information content (AvgIpc) is 3.10. The van der Waals surface area contributed by atoms with Gasteiger partial charge >= 0.3 is 0 Å². The molecular weight excluding hydrogens is 318 g/mol. The Bertz CT molecular complexity index is 844. The molecular formula is C18H17N5O2. The molecule has 0 spiro atoms. The van der Waals surface area contributed by atoms with Crippen molar-refractivity contribution in [3.63, 3.8) is 0 Å². The van der Waals surface area contributed by atoms with E-state index >= 15 is 0 Å². The summed E-state index contributed by atoms with van der Waals surface area (Å²) in [5, 5.41) is 3.94. The Balaban J connectivity index is 1.30. The third-order valence-electron chi connectivity index (χ3n) is 4.29. The summed E-state index contributed by atoms with van der Waals surface area (Å²) in [6, 6.07) is 10.0. The summed E-state index contributed by atoms with van der Waals surface area (Å²) in [5.74, 6) is 1.23. The quantitative estimate of drug-likeness (QED) is 0.710. The zero-order valence-electron chi connectivity index (χ0n) is 13.6. The van der Waals surface area contributed by atoms with Crippen molar-refractivity contribution >= 4 is 5.91 Å². The lowest BCUT2D eigenvalue weighted by molar-refractivity contribution is -0.135. The molecule has 7 nitrogen and oxygen atoms in total. The van der Waals surface area contributed by atoms with Gasteiger partial charge in [-0.15, -0.1) is 0 Å². The zero-order chi connectivity index (χ0) is 17.1. The Morgan fingerprint density at radius 3 is 2.80 bits per heavy atom. The fourth-order valence-corrected chi connectivity index (χ4v) is 2.81. The topological polar surface area (TPSA) is 85.0 Å². The van der Waals surface area contributed by atoms with Gasteiger partial charge in [-0.25, -0.2) is 4.98 Å². The minimum atomic E-state index is 0.0959. The van der Waals surface area contributed by atoms with E-state index in [2.05, 4.69) is 20.1 Å². The molecule has 3 aromatic rings. The molecule has 1 fully saturated rings. The van der Waals surface area contributed by atoms with E-state index in [1.807, 2.05) is 35.2 Å². The number of rotatable bonds is 5. The van der Waals surface area contributed by atoms with Crippen molar-refractivity contribution in [3.8, 4) is 11.5 Å².